The minimum atomic E-state index is -0.112. The molecule has 1 aromatic carbocycles. The maximum Gasteiger partial charge on any atom is 0.223 e. The van der Waals surface area contributed by atoms with Crippen molar-refractivity contribution in [2.75, 3.05) is 18.0 Å². The van der Waals surface area contributed by atoms with Gasteiger partial charge in [0.15, 0.2) is 5.78 Å². The third-order valence-electron chi connectivity index (χ3n) is 4.06. The highest BCUT2D eigenvalue weighted by Gasteiger charge is 2.24. The maximum atomic E-state index is 11.8. The lowest BCUT2D eigenvalue weighted by Crippen LogP contribution is -2.41. The van der Waals surface area contributed by atoms with Gasteiger partial charge in [-0.25, -0.2) is 0 Å². The molecule has 1 aromatic rings. The molecule has 0 aliphatic heterocycles. The number of nitrogens with zero attached hydrogens (tertiary/aromatic N) is 1. The number of carbonyl (C=O) groups excluding carboxylic acids is 3. The Kier molecular flexibility index (Phi) is 5.31. The molecule has 0 heterocycles. The van der Waals surface area contributed by atoms with Gasteiger partial charge in [0, 0.05) is 37.2 Å². The molecule has 0 aromatic heterocycles. The quantitative estimate of drug-likeness (QED) is 0.819. The molecule has 0 radical (unpaired) electrons. The monoisotopic (exact) mass is 302 g/mol. The number of hydrogen-bond acceptors (Lipinski definition) is 3. The normalized spacial score (nSPS) is 14.1. The Morgan fingerprint density at radius 1 is 1.23 bits per heavy atom. The second kappa shape index (κ2) is 7.20. The number of benzene rings is 1. The van der Waals surface area contributed by atoms with Crippen LogP contribution < -0.4 is 10.2 Å². The third kappa shape index (κ3) is 3.93. The van der Waals surface area contributed by atoms with Crippen LogP contribution in [0.4, 0.5) is 5.69 Å². The Hall–Kier alpha value is -2.17. The van der Waals surface area contributed by atoms with Gasteiger partial charge >= 0.3 is 0 Å². The summed E-state index contributed by atoms with van der Waals surface area (Å²) in [6.45, 7) is 3.79. The zero-order valence-corrected chi connectivity index (χ0v) is 13.1. The maximum absolute atomic E-state index is 11.8. The average molecular weight is 302 g/mol. The van der Waals surface area contributed by atoms with E-state index in [1.54, 1.807) is 29.2 Å². The number of carbonyl (C=O) groups is 3. The first kappa shape index (κ1) is 16.2. The molecule has 5 heteroatoms. The molecule has 0 atom stereocenters. The Morgan fingerprint density at radius 2 is 1.95 bits per heavy atom. The van der Waals surface area contributed by atoms with Crippen LogP contribution >= 0.6 is 0 Å². The van der Waals surface area contributed by atoms with E-state index < -0.39 is 0 Å². The van der Waals surface area contributed by atoms with Crippen molar-refractivity contribution in [3.63, 3.8) is 0 Å². The Labute approximate surface area is 130 Å². The molecule has 1 saturated carbocycles. The fourth-order valence-electron chi connectivity index (χ4n) is 2.47. The van der Waals surface area contributed by atoms with E-state index >= 15 is 0 Å². The van der Waals surface area contributed by atoms with Crippen LogP contribution in [0.2, 0.25) is 0 Å². The summed E-state index contributed by atoms with van der Waals surface area (Å²) in [7, 11) is 0. The predicted molar refractivity (Wildman–Crippen MR) is 84.8 cm³/mol. The summed E-state index contributed by atoms with van der Waals surface area (Å²) >= 11 is 0. The number of amides is 2. The van der Waals surface area contributed by atoms with Crippen LogP contribution in [0.5, 0.6) is 0 Å². The Morgan fingerprint density at radius 3 is 2.50 bits per heavy atom. The standard InChI is InChI=1S/C17H22N2O3/c1-12(20)15-7-4-8-16(11-15)19(13(2)21)10-9-18-17(22)14-5-3-6-14/h4,7-8,11,14H,3,5-6,9-10H2,1-2H3,(H,18,22). The van der Waals surface area contributed by atoms with Gasteiger partial charge < -0.3 is 10.2 Å². The van der Waals surface area contributed by atoms with Crippen molar-refractivity contribution < 1.29 is 14.4 Å². The van der Waals surface area contributed by atoms with Crippen molar-refractivity contribution in [2.45, 2.75) is 33.1 Å². The highest BCUT2D eigenvalue weighted by atomic mass is 16.2. The van der Waals surface area contributed by atoms with Gasteiger partial charge in [0.05, 0.1) is 0 Å². The molecule has 22 heavy (non-hydrogen) atoms. The predicted octanol–water partition coefficient (Wildman–Crippen LogP) is 2.16. The minimum Gasteiger partial charge on any atom is -0.354 e. The number of anilines is 1. The van der Waals surface area contributed by atoms with Gasteiger partial charge in [-0.2, -0.15) is 0 Å². The largest absolute Gasteiger partial charge is 0.354 e. The zero-order chi connectivity index (χ0) is 16.1. The smallest absolute Gasteiger partial charge is 0.223 e. The fraction of sp³-hybridized carbons (Fsp3) is 0.471. The van der Waals surface area contributed by atoms with Gasteiger partial charge in [0.2, 0.25) is 11.8 Å². The molecule has 2 amide bonds. The van der Waals surface area contributed by atoms with Gasteiger partial charge in [-0.05, 0) is 31.9 Å². The topological polar surface area (TPSA) is 66.5 Å². The molecule has 0 spiro atoms. The van der Waals surface area contributed by atoms with Crippen molar-refractivity contribution in [2.24, 2.45) is 5.92 Å². The molecular formula is C17H22N2O3. The average Bonchev–Trinajstić information content (AvgIpc) is 2.41. The fourth-order valence-corrected chi connectivity index (χ4v) is 2.47. The molecule has 1 N–H and O–H groups in total. The van der Waals surface area contributed by atoms with Crippen LogP contribution in [-0.4, -0.2) is 30.7 Å². The van der Waals surface area contributed by atoms with Crippen LogP contribution in [0.1, 0.15) is 43.5 Å². The van der Waals surface area contributed by atoms with E-state index in [1.165, 1.54) is 13.8 Å². The lowest BCUT2D eigenvalue weighted by Gasteiger charge is -2.26. The van der Waals surface area contributed by atoms with E-state index in [0.29, 0.717) is 24.3 Å². The van der Waals surface area contributed by atoms with Crippen LogP contribution in [0.25, 0.3) is 0 Å². The van der Waals surface area contributed by atoms with Crippen LogP contribution in [0.15, 0.2) is 24.3 Å². The molecule has 1 aliphatic rings. The molecule has 0 bridgehead atoms. The highest BCUT2D eigenvalue weighted by Crippen LogP contribution is 2.26. The van der Waals surface area contributed by atoms with Gasteiger partial charge in [0.25, 0.3) is 0 Å². The lowest BCUT2D eigenvalue weighted by atomic mass is 9.85. The van der Waals surface area contributed by atoms with Crippen molar-refractivity contribution in [3.05, 3.63) is 29.8 Å². The van der Waals surface area contributed by atoms with Crippen LogP contribution in [0, 0.1) is 5.92 Å². The lowest BCUT2D eigenvalue weighted by molar-refractivity contribution is -0.127. The van der Waals surface area contributed by atoms with Gasteiger partial charge in [-0.1, -0.05) is 18.6 Å². The van der Waals surface area contributed by atoms with E-state index in [2.05, 4.69) is 5.32 Å². The van der Waals surface area contributed by atoms with Gasteiger partial charge in [-0.15, -0.1) is 0 Å². The second-order valence-corrected chi connectivity index (χ2v) is 5.70. The van der Waals surface area contributed by atoms with Crippen molar-refractivity contribution in [1.82, 2.24) is 5.32 Å². The van der Waals surface area contributed by atoms with E-state index in [1.807, 2.05) is 0 Å². The number of hydrogen-bond donors (Lipinski definition) is 1. The molecule has 0 saturated heterocycles. The molecule has 1 fully saturated rings. The molecule has 0 unspecified atom stereocenters. The molecule has 2 rings (SSSR count). The number of Topliss-reactive ketones (excluding diaryl/α,β-unsaturated/α-hetero) is 1. The molecular weight excluding hydrogens is 280 g/mol. The second-order valence-electron chi connectivity index (χ2n) is 5.70. The summed E-state index contributed by atoms with van der Waals surface area (Å²) in [6.07, 6.45) is 3.04. The Bertz CT molecular complexity index is 579. The SMILES string of the molecule is CC(=O)c1cccc(N(CCNC(=O)C2CCC2)C(C)=O)c1. The van der Waals surface area contributed by atoms with E-state index in [4.69, 9.17) is 0 Å². The zero-order valence-electron chi connectivity index (χ0n) is 13.1. The highest BCUT2D eigenvalue weighted by molar-refractivity contribution is 5.97. The number of rotatable bonds is 6. The minimum absolute atomic E-state index is 0.0383. The van der Waals surface area contributed by atoms with Crippen molar-refractivity contribution in [1.29, 1.82) is 0 Å². The van der Waals surface area contributed by atoms with Crippen LogP contribution in [0.3, 0.4) is 0 Å². The first-order valence-corrected chi connectivity index (χ1v) is 7.66. The summed E-state index contributed by atoms with van der Waals surface area (Å²) in [5.74, 6) is 0.0706. The van der Waals surface area contributed by atoms with E-state index in [9.17, 15) is 14.4 Å². The van der Waals surface area contributed by atoms with Crippen LogP contribution in [-0.2, 0) is 9.59 Å². The summed E-state index contributed by atoms with van der Waals surface area (Å²) < 4.78 is 0. The first-order valence-electron chi connectivity index (χ1n) is 7.66. The Balaban J connectivity index is 1.97. The molecule has 5 nitrogen and oxygen atoms in total. The number of nitrogens with one attached hydrogen (secondary N) is 1. The van der Waals surface area contributed by atoms with E-state index in [-0.39, 0.29) is 23.5 Å². The molecule has 118 valence electrons. The summed E-state index contributed by atoms with van der Waals surface area (Å²) in [6, 6.07) is 6.98. The first-order chi connectivity index (χ1) is 10.5. The van der Waals surface area contributed by atoms with Gasteiger partial charge in [0.1, 0.15) is 0 Å². The summed E-state index contributed by atoms with van der Waals surface area (Å²) in [5.41, 5.74) is 1.25. The van der Waals surface area contributed by atoms with E-state index in [0.717, 1.165) is 19.3 Å². The summed E-state index contributed by atoms with van der Waals surface area (Å²) in [4.78, 5) is 36.7. The summed E-state index contributed by atoms with van der Waals surface area (Å²) in [5, 5.41) is 2.88. The van der Waals surface area contributed by atoms with Gasteiger partial charge in [-0.3, -0.25) is 14.4 Å². The molecule has 1 aliphatic carbocycles. The van der Waals surface area contributed by atoms with Crippen molar-refractivity contribution in [3.8, 4) is 0 Å². The number of ketones is 1. The third-order valence-corrected chi connectivity index (χ3v) is 4.06. The van der Waals surface area contributed by atoms with Crippen molar-refractivity contribution >= 4 is 23.3 Å².